The van der Waals surface area contributed by atoms with Crippen molar-refractivity contribution >= 4 is 17.0 Å². The van der Waals surface area contributed by atoms with Crippen molar-refractivity contribution in [2.24, 2.45) is 0 Å². The number of hydrogen-bond donors (Lipinski definition) is 1. The first-order valence-electron chi connectivity index (χ1n) is 7.22. The Bertz CT molecular complexity index is 653. The molecule has 5 heteroatoms. The SMILES string of the molecule is CC(NC1CCCc2sccc21)c1cccc([N+](=O)[O-])c1. The summed E-state index contributed by atoms with van der Waals surface area (Å²) in [5.41, 5.74) is 2.52. The fraction of sp³-hybridized carbons (Fsp3) is 0.375. The van der Waals surface area contributed by atoms with Crippen molar-refractivity contribution in [3.8, 4) is 0 Å². The van der Waals surface area contributed by atoms with Gasteiger partial charge < -0.3 is 5.32 Å². The summed E-state index contributed by atoms with van der Waals surface area (Å²) in [5, 5.41) is 16.7. The second kappa shape index (κ2) is 5.95. The van der Waals surface area contributed by atoms with Crippen LogP contribution in [0, 0.1) is 10.1 Å². The van der Waals surface area contributed by atoms with Crippen LogP contribution in [0.2, 0.25) is 0 Å². The molecule has 0 saturated heterocycles. The molecule has 0 bridgehead atoms. The van der Waals surface area contributed by atoms with Crippen LogP contribution in [-0.2, 0) is 6.42 Å². The molecule has 4 nitrogen and oxygen atoms in total. The number of nitro groups is 1. The molecule has 0 radical (unpaired) electrons. The molecule has 110 valence electrons. The van der Waals surface area contributed by atoms with Gasteiger partial charge in [0.1, 0.15) is 0 Å². The minimum Gasteiger partial charge on any atom is -0.303 e. The lowest BCUT2D eigenvalue weighted by Gasteiger charge is -2.27. The molecule has 1 aliphatic rings. The van der Waals surface area contributed by atoms with E-state index in [1.165, 1.54) is 29.3 Å². The molecule has 1 aromatic carbocycles. The number of non-ortho nitro benzene ring substituents is 1. The standard InChI is InChI=1S/C16H18N2O2S/c1-11(12-4-2-5-13(10-12)18(19)20)17-15-6-3-7-16-14(15)8-9-21-16/h2,4-5,8-11,15,17H,3,6-7H2,1H3. The third-order valence-corrected chi connectivity index (χ3v) is 5.08. The number of rotatable bonds is 4. The fourth-order valence-electron chi connectivity index (χ4n) is 2.97. The van der Waals surface area contributed by atoms with E-state index in [4.69, 9.17) is 0 Å². The molecule has 3 rings (SSSR count). The van der Waals surface area contributed by atoms with Gasteiger partial charge in [-0.25, -0.2) is 0 Å². The smallest absolute Gasteiger partial charge is 0.269 e. The highest BCUT2D eigenvalue weighted by molar-refractivity contribution is 7.10. The van der Waals surface area contributed by atoms with Crippen molar-refractivity contribution in [1.29, 1.82) is 0 Å². The number of hydrogen-bond acceptors (Lipinski definition) is 4. The Hall–Kier alpha value is -1.72. The van der Waals surface area contributed by atoms with E-state index < -0.39 is 0 Å². The number of nitro benzene ring substituents is 1. The van der Waals surface area contributed by atoms with Crippen LogP contribution in [0.5, 0.6) is 0 Å². The van der Waals surface area contributed by atoms with Crippen LogP contribution in [-0.4, -0.2) is 4.92 Å². The summed E-state index contributed by atoms with van der Waals surface area (Å²) in [5.74, 6) is 0. The Balaban J connectivity index is 1.77. The van der Waals surface area contributed by atoms with E-state index in [0.717, 1.165) is 12.0 Å². The zero-order valence-corrected chi connectivity index (χ0v) is 12.7. The molecule has 0 aliphatic heterocycles. The van der Waals surface area contributed by atoms with Crippen LogP contribution in [0.1, 0.15) is 47.9 Å². The van der Waals surface area contributed by atoms with Gasteiger partial charge in [0.25, 0.3) is 5.69 Å². The highest BCUT2D eigenvalue weighted by Gasteiger charge is 2.23. The van der Waals surface area contributed by atoms with E-state index in [1.807, 2.05) is 17.4 Å². The summed E-state index contributed by atoms with van der Waals surface area (Å²) in [4.78, 5) is 12.0. The first-order valence-corrected chi connectivity index (χ1v) is 8.10. The van der Waals surface area contributed by atoms with Crippen LogP contribution >= 0.6 is 11.3 Å². The number of nitrogens with one attached hydrogen (secondary N) is 1. The normalized spacial score (nSPS) is 19.0. The molecular formula is C16H18N2O2S. The third-order valence-electron chi connectivity index (χ3n) is 4.08. The molecule has 0 amide bonds. The average molecular weight is 302 g/mol. The zero-order chi connectivity index (χ0) is 14.8. The van der Waals surface area contributed by atoms with Gasteiger partial charge in [0.15, 0.2) is 0 Å². The van der Waals surface area contributed by atoms with Gasteiger partial charge in [-0.1, -0.05) is 12.1 Å². The van der Waals surface area contributed by atoms with Crippen LogP contribution in [0.4, 0.5) is 5.69 Å². The van der Waals surface area contributed by atoms with Crippen LogP contribution in [0.3, 0.4) is 0 Å². The Morgan fingerprint density at radius 2 is 2.29 bits per heavy atom. The second-order valence-electron chi connectivity index (χ2n) is 5.48. The maximum absolute atomic E-state index is 10.9. The van der Waals surface area contributed by atoms with E-state index in [-0.39, 0.29) is 16.7 Å². The molecule has 0 fully saturated rings. The van der Waals surface area contributed by atoms with Gasteiger partial charge in [0.2, 0.25) is 0 Å². The number of nitrogens with zero attached hydrogens (tertiary/aromatic N) is 1. The number of aryl methyl sites for hydroxylation is 1. The molecule has 2 atom stereocenters. The lowest BCUT2D eigenvalue weighted by Crippen LogP contribution is -2.27. The highest BCUT2D eigenvalue weighted by Crippen LogP contribution is 2.35. The van der Waals surface area contributed by atoms with E-state index in [1.54, 1.807) is 12.1 Å². The van der Waals surface area contributed by atoms with Gasteiger partial charge in [0, 0.05) is 29.1 Å². The van der Waals surface area contributed by atoms with E-state index in [0.29, 0.717) is 6.04 Å². The minimum absolute atomic E-state index is 0.0979. The largest absolute Gasteiger partial charge is 0.303 e. The topological polar surface area (TPSA) is 55.2 Å². The number of benzene rings is 1. The predicted molar refractivity (Wildman–Crippen MR) is 84.6 cm³/mol. The van der Waals surface area contributed by atoms with Crippen molar-refractivity contribution in [3.05, 3.63) is 61.8 Å². The lowest BCUT2D eigenvalue weighted by molar-refractivity contribution is -0.384. The van der Waals surface area contributed by atoms with Crippen molar-refractivity contribution in [3.63, 3.8) is 0 Å². The van der Waals surface area contributed by atoms with Gasteiger partial charge in [-0.2, -0.15) is 0 Å². The number of thiophene rings is 1. The van der Waals surface area contributed by atoms with Crippen LogP contribution < -0.4 is 5.32 Å². The van der Waals surface area contributed by atoms with Gasteiger partial charge in [-0.05, 0) is 48.8 Å². The Kier molecular flexibility index (Phi) is 4.03. The summed E-state index contributed by atoms with van der Waals surface area (Å²) in [6.45, 7) is 2.07. The van der Waals surface area contributed by atoms with Gasteiger partial charge in [-0.3, -0.25) is 10.1 Å². The second-order valence-corrected chi connectivity index (χ2v) is 6.49. The molecule has 1 N–H and O–H groups in total. The summed E-state index contributed by atoms with van der Waals surface area (Å²) in [6.07, 6.45) is 3.51. The molecule has 1 aromatic heterocycles. The lowest BCUT2D eigenvalue weighted by atomic mass is 9.93. The molecule has 21 heavy (non-hydrogen) atoms. The Labute approximate surface area is 128 Å². The highest BCUT2D eigenvalue weighted by atomic mass is 32.1. The molecular weight excluding hydrogens is 284 g/mol. The third kappa shape index (κ3) is 2.99. The van der Waals surface area contributed by atoms with Crippen LogP contribution in [0.15, 0.2) is 35.7 Å². The quantitative estimate of drug-likeness (QED) is 0.673. The summed E-state index contributed by atoms with van der Waals surface area (Å²) >= 11 is 1.83. The average Bonchev–Trinajstić information content (AvgIpc) is 2.97. The molecule has 2 aromatic rings. The van der Waals surface area contributed by atoms with E-state index in [9.17, 15) is 10.1 Å². The fourth-order valence-corrected chi connectivity index (χ4v) is 3.95. The molecule has 2 unspecified atom stereocenters. The Morgan fingerprint density at radius 1 is 1.43 bits per heavy atom. The van der Waals surface area contributed by atoms with E-state index >= 15 is 0 Å². The first-order chi connectivity index (χ1) is 10.1. The van der Waals surface area contributed by atoms with Crippen LogP contribution in [0.25, 0.3) is 0 Å². The number of fused-ring (bicyclic) bond motifs is 1. The van der Waals surface area contributed by atoms with Crippen molar-refractivity contribution < 1.29 is 4.92 Å². The maximum Gasteiger partial charge on any atom is 0.269 e. The van der Waals surface area contributed by atoms with Crippen molar-refractivity contribution in [2.75, 3.05) is 0 Å². The molecule has 1 heterocycles. The van der Waals surface area contributed by atoms with Gasteiger partial charge >= 0.3 is 0 Å². The first kappa shape index (κ1) is 14.2. The summed E-state index contributed by atoms with van der Waals surface area (Å²) in [6, 6.07) is 9.56. The predicted octanol–water partition coefficient (Wildman–Crippen LogP) is 4.38. The zero-order valence-electron chi connectivity index (χ0n) is 11.9. The molecule has 0 spiro atoms. The summed E-state index contributed by atoms with van der Waals surface area (Å²) in [7, 11) is 0. The Morgan fingerprint density at radius 3 is 3.10 bits per heavy atom. The molecule has 0 saturated carbocycles. The summed E-state index contributed by atoms with van der Waals surface area (Å²) < 4.78 is 0. The maximum atomic E-state index is 10.9. The molecule has 1 aliphatic carbocycles. The van der Waals surface area contributed by atoms with Gasteiger partial charge in [0.05, 0.1) is 4.92 Å². The van der Waals surface area contributed by atoms with Crippen molar-refractivity contribution in [1.82, 2.24) is 5.32 Å². The minimum atomic E-state index is -0.339. The monoisotopic (exact) mass is 302 g/mol. The van der Waals surface area contributed by atoms with Crippen molar-refractivity contribution in [2.45, 2.75) is 38.3 Å². The van der Waals surface area contributed by atoms with E-state index in [2.05, 4.69) is 23.7 Å². The van der Waals surface area contributed by atoms with Gasteiger partial charge in [-0.15, -0.1) is 11.3 Å².